The van der Waals surface area contributed by atoms with Crippen LogP contribution in [-0.4, -0.2) is 37.2 Å². The summed E-state index contributed by atoms with van der Waals surface area (Å²) in [6.07, 6.45) is 2.20. The molecule has 0 saturated carbocycles. The van der Waals surface area contributed by atoms with E-state index in [9.17, 15) is 4.79 Å². The summed E-state index contributed by atoms with van der Waals surface area (Å²) in [5.41, 5.74) is -0.161. The summed E-state index contributed by atoms with van der Waals surface area (Å²) >= 11 is 0. The van der Waals surface area contributed by atoms with Gasteiger partial charge in [0.15, 0.2) is 0 Å². The molecule has 0 bridgehead atoms. The molecule has 0 aliphatic carbocycles. The summed E-state index contributed by atoms with van der Waals surface area (Å²) in [5.74, 6) is 0.721. The molecular formula is C13H26N2O2. The number of hydrogen-bond acceptors (Lipinski definition) is 3. The zero-order valence-electron chi connectivity index (χ0n) is 11.5. The lowest BCUT2D eigenvalue weighted by Gasteiger charge is -2.26. The molecule has 1 rings (SSSR count). The topological polar surface area (TPSA) is 50.4 Å². The van der Waals surface area contributed by atoms with Crippen LogP contribution in [0.2, 0.25) is 0 Å². The average molecular weight is 242 g/mol. The number of rotatable bonds is 4. The maximum Gasteiger partial charge on any atom is 0.237 e. The van der Waals surface area contributed by atoms with Crippen molar-refractivity contribution in [1.29, 1.82) is 0 Å². The molecule has 1 heterocycles. The van der Waals surface area contributed by atoms with Crippen molar-refractivity contribution in [3.63, 3.8) is 0 Å². The highest BCUT2D eigenvalue weighted by atomic mass is 16.5. The van der Waals surface area contributed by atoms with E-state index in [1.165, 1.54) is 0 Å². The van der Waals surface area contributed by atoms with Crippen LogP contribution in [-0.2, 0) is 9.53 Å². The van der Waals surface area contributed by atoms with E-state index < -0.39 is 0 Å². The van der Waals surface area contributed by atoms with Crippen LogP contribution in [0, 0.1) is 5.92 Å². The summed E-state index contributed by atoms with van der Waals surface area (Å²) in [6.45, 7) is 10.5. The first-order valence-corrected chi connectivity index (χ1v) is 6.51. The highest BCUT2D eigenvalue weighted by Gasteiger charge is 2.20. The second kappa shape index (κ2) is 6.36. The Hall–Kier alpha value is -0.610. The molecule has 0 aromatic carbocycles. The van der Waals surface area contributed by atoms with Crippen LogP contribution in [0.3, 0.4) is 0 Å². The minimum Gasteiger partial charge on any atom is -0.381 e. The Bertz CT molecular complexity index is 242. The normalized spacial score (nSPS) is 20.0. The van der Waals surface area contributed by atoms with E-state index in [1.807, 2.05) is 27.7 Å². The molecule has 1 atom stereocenters. The van der Waals surface area contributed by atoms with Crippen LogP contribution >= 0.6 is 0 Å². The molecule has 1 aliphatic rings. The van der Waals surface area contributed by atoms with Gasteiger partial charge in [0.1, 0.15) is 0 Å². The van der Waals surface area contributed by atoms with E-state index in [2.05, 4.69) is 10.6 Å². The lowest BCUT2D eigenvalue weighted by Crippen LogP contribution is -2.50. The second-order valence-electron chi connectivity index (χ2n) is 5.92. The summed E-state index contributed by atoms with van der Waals surface area (Å²) in [6, 6.07) is -0.128. The second-order valence-corrected chi connectivity index (χ2v) is 5.92. The standard InChI is InChI=1S/C13H26N2O2/c1-10(12(16)15-13(2,3)4)14-9-11-5-7-17-8-6-11/h10-11,14H,5-9H2,1-4H3,(H,15,16). The maximum atomic E-state index is 11.8. The Labute approximate surface area is 104 Å². The molecule has 0 aromatic heterocycles. The van der Waals surface area contributed by atoms with Crippen LogP contribution in [0.5, 0.6) is 0 Å². The van der Waals surface area contributed by atoms with Crippen molar-refractivity contribution in [2.75, 3.05) is 19.8 Å². The molecule has 100 valence electrons. The molecule has 1 saturated heterocycles. The molecule has 1 unspecified atom stereocenters. The van der Waals surface area contributed by atoms with Crippen LogP contribution < -0.4 is 10.6 Å². The predicted molar refractivity (Wildman–Crippen MR) is 68.9 cm³/mol. The van der Waals surface area contributed by atoms with Crippen molar-refractivity contribution in [3.8, 4) is 0 Å². The van der Waals surface area contributed by atoms with Crippen LogP contribution in [0.1, 0.15) is 40.5 Å². The van der Waals surface area contributed by atoms with Gasteiger partial charge in [-0.25, -0.2) is 0 Å². The van der Waals surface area contributed by atoms with Crippen LogP contribution in [0.4, 0.5) is 0 Å². The van der Waals surface area contributed by atoms with Crippen molar-refractivity contribution in [3.05, 3.63) is 0 Å². The fraction of sp³-hybridized carbons (Fsp3) is 0.923. The molecular weight excluding hydrogens is 216 g/mol. The monoisotopic (exact) mass is 242 g/mol. The smallest absolute Gasteiger partial charge is 0.237 e. The van der Waals surface area contributed by atoms with Gasteiger partial charge in [-0.1, -0.05) is 0 Å². The Morgan fingerprint density at radius 1 is 1.35 bits per heavy atom. The van der Waals surface area contributed by atoms with E-state index in [-0.39, 0.29) is 17.5 Å². The third-order valence-electron chi connectivity index (χ3n) is 2.95. The zero-order chi connectivity index (χ0) is 12.9. The van der Waals surface area contributed by atoms with Gasteiger partial charge in [-0.3, -0.25) is 4.79 Å². The summed E-state index contributed by atoms with van der Waals surface area (Å²) < 4.78 is 5.31. The molecule has 1 fully saturated rings. The van der Waals surface area contributed by atoms with E-state index in [4.69, 9.17) is 4.74 Å². The molecule has 4 heteroatoms. The van der Waals surface area contributed by atoms with Gasteiger partial charge in [-0.2, -0.15) is 0 Å². The van der Waals surface area contributed by atoms with Crippen molar-refractivity contribution < 1.29 is 9.53 Å². The van der Waals surface area contributed by atoms with E-state index in [1.54, 1.807) is 0 Å². The molecule has 2 N–H and O–H groups in total. The Morgan fingerprint density at radius 2 is 1.94 bits per heavy atom. The highest BCUT2D eigenvalue weighted by molar-refractivity contribution is 5.81. The summed E-state index contributed by atoms with van der Waals surface area (Å²) in [5, 5.41) is 6.29. The Balaban J connectivity index is 2.23. The number of carbonyl (C=O) groups is 1. The quantitative estimate of drug-likeness (QED) is 0.781. The molecule has 1 amide bonds. The third kappa shape index (κ3) is 6.03. The SMILES string of the molecule is CC(NCC1CCOCC1)C(=O)NC(C)(C)C. The number of nitrogens with one attached hydrogen (secondary N) is 2. The van der Waals surface area contributed by atoms with Gasteiger partial charge in [0.2, 0.25) is 5.91 Å². The number of amides is 1. The van der Waals surface area contributed by atoms with Crippen LogP contribution in [0.15, 0.2) is 0 Å². The minimum absolute atomic E-state index is 0.0737. The molecule has 0 spiro atoms. The van der Waals surface area contributed by atoms with Gasteiger partial charge in [-0.05, 0) is 53.0 Å². The fourth-order valence-electron chi connectivity index (χ4n) is 1.86. The lowest BCUT2D eigenvalue weighted by molar-refractivity contribution is -0.124. The van der Waals surface area contributed by atoms with Crippen molar-refractivity contribution in [1.82, 2.24) is 10.6 Å². The average Bonchev–Trinajstić information content (AvgIpc) is 2.25. The fourth-order valence-corrected chi connectivity index (χ4v) is 1.86. The largest absolute Gasteiger partial charge is 0.381 e. The number of carbonyl (C=O) groups excluding carboxylic acids is 1. The van der Waals surface area contributed by atoms with E-state index >= 15 is 0 Å². The van der Waals surface area contributed by atoms with Crippen molar-refractivity contribution in [2.45, 2.75) is 52.1 Å². The zero-order valence-corrected chi connectivity index (χ0v) is 11.5. The summed E-state index contributed by atoms with van der Waals surface area (Å²) in [4.78, 5) is 11.8. The highest BCUT2D eigenvalue weighted by Crippen LogP contribution is 2.13. The molecule has 17 heavy (non-hydrogen) atoms. The Kier molecular flexibility index (Phi) is 5.40. The lowest BCUT2D eigenvalue weighted by atomic mass is 10.00. The Morgan fingerprint density at radius 3 is 2.47 bits per heavy atom. The van der Waals surface area contributed by atoms with Gasteiger partial charge in [0, 0.05) is 18.8 Å². The summed E-state index contributed by atoms with van der Waals surface area (Å²) in [7, 11) is 0. The van der Waals surface area contributed by atoms with Gasteiger partial charge in [0.05, 0.1) is 6.04 Å². The number of hydrogen-bond donors (Lipinski definition) is 2. The van der Waals surface area contributed by atoms with Gasteiger partial charge in [0.25, 0.3) is 0 Å². The first-order valence-electron chi connectivity index (χ1n) is 6.51. The van der Waals surface area contributed by atoms with E-state index in [0.29, 0.717) is 5.92 Å². The minimum atomic E-state index is -0.161. The molecule has 0 aromatic rings. The van der Waals surface area contributed by atoms with Gasteiger partial charge in [-0.15, -0.1) is 0 Å². The first-order chi connectivity index (χ1) is 7.88. The molecule has 1 aliphatic heterocycles. The molecule has 4 nitrogen and oxygen atoms in total. The third-order valence-corrected chi connectivity index (χ3v) is 2.95. The van der Waals surface area contributed by atoms with Crippen molar-refractivity contribution >= 4 is 5.91 Å². The number of ether oxygens (including phenoxy) is 1. The molecule has 0 radical (unpaired) electrons. The van der Waals surface area contributed by atoms with Crippen molar-refractivity contribution in [2.24, 2.45) is 5.92 Å². The van der Waals surface area contributed by atoms with E-state index in [0.717, 1.165) is 32.6 Å². The van der Waals surface area contributed by atoms with Gasteiger partial charge >= 0.3 is 0 Å². The van der Waals surface area contributed by atoms with Gasteiger partial charge < -0.3 is 15.4 Å². The van der Waals surface area contributed by atoms with Crippen LogP contribution in [0.25, 0.3) is 0 Å². The maximum absolute atomic E-state index is 11.8. The predicted octanol–water partition coefficient (Wildman–Crippen LogP) is 1.31. The first kappa shape index (κ1) is 14.5.